The fourth-order valence-electron chi connectivity index (χ4n) is 1.62. The zero-order valence-corrected chi connectivity index (χ0v) is 14.4. The van der Waals surface area contributed by atoms with Crippen LogP contribution in [0.3, 0.4) is 0 Å². The maximum absolute atomic E-state index is 12.2. The van der Waals surface area contributed by atoms with Crippen molar-refractivity contribution >= 4 is 23.9 Å². The number of amides is 2. The van der Waals surface area contributed by atoms with Gasteiger partial charge in [0.1, 0.15) is 17.7 Å². The Hall–Kier alpha value is -2.52. The molecule has 7 N–H and O–H groups in total. The molecule has 138 valence electrons. The van der Waals surface area contributed by atoms with Crippen LogP contribution in [0.15, 0.2) is 0 Å². The third-order valence-electron chi connectivity index (χ3n) is 2.72. The molecule has 0 bridgehead atoms. The van der Waals surface area contributed by atoms with Gasteiger partial charge in [0.2, 0.25) is 5.91 Å². The SMILES string of the molecule is CC(NC(=O)C(CCCNC(=N)N)NC(=O)OC(C)(C)C)C(=O)O. The third kappa shape index (κ3) is 10.2. The summed E-state index contributed by atoms with van der Waals surface area (Å²) >= 11 is 0. The van der Waals surface area contributed by atoms with Crippen molar-refractivity contribution in [3.05, 3.63) is 0 Å². The molecule has 0 aliphatic heterocycles. The zero-order chi connectivity index (χ0) is 18.9. The first kappa shape index (κ1) is 21.5. The summed E-state index contributed by atoms with van der Waals surface area (Å²) < 4.78 is 5.10. The Morgan fingerprint density at radius 1 is 1.25 bits per heavy atom. The summed E-state index contributed by atoms with van der Waals surface area (Å²) in [7, 11) is 0. The molecule has 0 saturated carbocycles. The molecule has 0 aromatic rings. The Labute approximate surface area is 141 Å². The fourth-order valence-corrected chi connectivity index (χ4v) is 1.62. The molecule has 0 aromatic carbocycles. The van der Waals surface area contributed by atoms with E-state index in [9.17, 15) is 14.4 Å². The molecular weight excluding hydrogens is 318 g/mol. The van der Waals surface area contributed by atoms with Crippen LogP contribution >= 0.6 is 0 Å². The topological polar surface area (TPSA) is 167 Å². The number of carbonyl (C=O) groups excluding carboxylic acids is 2. The van der Waals surface area contributed by atoms with Crippen LogP contribution in [-0.2, 0) is 14.3 Å². The van der Waals surface area contributed by atoms with Crippen molar-refractivity contribution in [3.63, 3.8) is 0 Å². The number of guanidine groups is 1. The van der Waals surface area contributed by atoms with Gasteiger partial charge < -0.3 is 31.5 Å². The van der Waals surface area contributed by atoms with E-state index >= 15 is 0 Å². The van der Waals surface area contributed by atoms with Gasteiger partial charge in [0.15, 0.2) is 5.96 Å². The lowest BCUT2D eigenvalue weighted by Gasteiger charge is -2.24. The van der Waals surface area contributed by atoms with Crippen molar-refractivity contribution in [1.82, 2.24) is 16.0 Å². The lowest BCUT2D eigenvalue weighted by Crippen LogP contribution is -2.51. The van der Waals surface area contributed by atoms with Crippen LogP contribution in [0.2, 0.25) is 0 Å². The summed E-state index contributed by atoms with van der Waals surface area (Å²) in [5, 5.41) is 23.2. The first-order chi connectivity index (χ1) is 10.9. The predicted molar refractivity (Wildman–Crippen MR) is 87.5 cm³/mol. The molecule has 0 aliphatic rings. The van der Waals surface area contributed by atoms with Crippen molar-refractivity contribution in [2.24, 2.45) is 5.73 Å². The number of ether oxygens (including phenoxy) is 1. The molecule has 10 nitrogen and oxygen atoms in total. The number of carboxylic acids is 1. The fraction of sp³-hybridized carbons (Fsp3) is 0.714. The van der Waals surface area contributed by atoms with Crippen LogP contribution in [0.5, 0.6) is 0 Å². The lowest BCUT2D eigenvalue weighted by molar-refractivity contribution is -0.141. The maximum atomic E-state index is 12.2. The van der Waals surface area contributed by atoms with Gasteiger partial charge in [0, 0.05) is 6.54 Å². The van der Waals surface area contributed by atoms with Gasteiger partial charge in [-0.2, -0.15) is 0 Å². The summed E-state index contributed by atoms with van der Waals surface area (Å²) in [6, 6.07) is -2.05. The van der Waals surface area contributed by atoms with Gasteiger partial charge in [-0.3, -0.25) is 15.0 Å². The maximum Gasteiger partial charge on any atom is 0.408 e. The average molecular weight is 345 g/mol. The normalized spacial score (nSPS) is 13.3. The molecule has 0 aromatic heterocycles. The van der Waals surface area contributed by atoms with Gasteiger partial charge in [0.05, 0.1) is 0 Å². The lowest BCUT2D eigenvalue weighted by atomic mass is 10.1. The van der Waals surface area contributed by atoms with Crippen LogP contribution in [0, 0.1) is 5.41 Å². The molecular formula is C14H27N5O5. The number of hydrogen-bond acceptors (Lipinski definition) is 5. The highest BCUT2D eigenvalue weighted by atomic mass is 16.6. The molecule has 0 spiro atoms. The van der Waals surface area contributed by atoms with E-state index in [1.165, 1.54) is 6.92 Å². The van der Waals surface area contributed by atoms with Crippen LogP contribution in [0.1, 0.15) is 40.5 Å². The molecule has 24 heavy (non-hydrogen) atoms. The van der Waals surface area contributed by atoms with Crippen molar-refractivity contribution in [2.75, 3.05) is 6.54 Å². The number of nitrogens with one attached hydrogen (secondary N) is 4. The Morgan fingerprint density at radius 2 is 1.83 bits per heavy atom. The number of rotatable bonds is 8. The highest BCUT2D eigenvalue weighted by Crippen LogP contribution is 2.08. The molecule has 0 radical (unpaired) electrons. The number of carbonyl (C=O) groups is 3. The van der Waals surface area contributed by atoms with Crippen molar-refractivity contribution < 1.29 is 24.2 Å². The molecule has 0 saturated heterocycles. The summed E-state index contributed by atoms with van der Waals surface area (Å²) in [5.41, 5.74) is 4.43. The van der Waals surface area contributed by atoms with Crippen molar-refractivity contribution in [3.8, 4) is 0 Å². The number of alkyl carbamates (subject to hydrolysis) is 1. The van der Waals surface area contributed by atoms with Gasteiger partial charge >= 0.3 is 12.1 Å². The van der Waals surface area contributed by atoms with E-state index in [1.54, 1.807) is 20.8 Å². The minimum Gasteiger partial charge on any atom is -0.480 e. The van der Waals surface area contributed by atoms with E-state index in [2.05, 4.69) is 16.0 Å². The van der Waals surface area contributed by atoms with Gasteiger partial charge in [0.25, 0.3) is 0 Å². The molecule has 0 rings (SSSR count). The Bertz CT molecular complexity index is 475. The number of carboxylic acid groups (broad SMARTS) is 1. The van der Waals surface area contributed by atoms with Crippen LogP contribution in [0.25, 0.3) is 0 Å². The Kier molecular flexibility index (Phi) is 8.58. The molecule has 2 unspecified atom stereocenters. The summed E-state index contributed by atoms with van der Waals surface area (Å²) in [5.74, 6) is -2.01. The molecule has 0 fully saturated rings. The second-order valence-corrected chi connectivity index (χ2v) is 6.25. The Balaban J connectivity index is 4.74. The highest BCUT2D eigenvalue weighted by Gasteiger charge is 2.26. The van der Waals surface area contributed by atoms with Crippen LogP contribution in [0.4, 0.5) is 4.79 Å². The summed E-state index contributed by atoms with van der Waals surface area (Å²) in [6.45, 7) is 6.71. The number of hydrogen-bond donors (Lipinski definition) is 6. The predicted octanol–water partition coefficient (Wildman–Crippen LogP) is -0.268. The first-order valence-electron chi connectivity index (χ1n) is 7.53. The molecule has 2 amide bonds. The van der Waals surface area contributed by atoms with Crippen LogP contribution in [-0.4, -0.2) is 53.3 Å². The van der Waals surface area contributed by atoms with E-state index in [0.29, 0.717) is 13.0 Å². The summed E-state index contributed by atoms with van der Waals surface area (Å²) in [4.78, 5) is 34.8. The average Bonchev–Trinajstić information content (AvgIpc) is 2.39. The Morgan fingerprint density at radius 3 is 2.29 bits per heavy atom. The zero-order valence-electron chi connectivity index (χ0n) is 14.4. The van der Waals surface area contributed by atoms with Crippen molar-refractivity contribution in [2.45, 2.75) is 58.2 Å². The second-order valence-electron chi connectivity index (χ2n) is 6.25. The van der Waals surface area contributed by atoms with Gasteiger partial charge in [-0.1, -0.05) is 0 Å². The molecule has 0 aliphatic carbocycles. The van der Waals surface area contributed by atoms with Gasteiger partial charge in [-0.05, 0) is 40.5 Å². The smallest absolute Gasteiger partial charge is 0.408 e. The van der Waals surface area contributed by atoms with E-state index in [0.717, 1.165) is 0 Å². The monoisotopic (exact) mass is 345 g/mol. The second kappa shape index (κ2) is 9.58. The van der Waals surface area contributed by atoms with E-state index in [4.69, 9.17) is 21.0 Å². The largest absolute Gasteiger partial charge is 0.480 e. The highest BCUT2D eigenvalue weighted by molar-refractivity contribution is 5.89. The van der Waals surface area contributed by atoms with E-state index in [-0.39, 0.29) is 12.4 Å². The van der Waals surface area contributed by atoms with E-state index in [1.807, 2.05) is 0 Å². The number of aliphatic carboxylic acids is 1. The minimum absolute atomic E-state index is 0.199. The molecule has 10 heteroatoms. The van der Waals surface area contributed by atoms with Crippen molar-refractivity contribution in [1.29, 1.82) is 5.41 Å². The minimum atomic E-state index is -1.18. The van der Waals surface area contributed by atoms with E-state index < -0.39 is 35.7 Å². The third-order valence-corrected chi connectivity index (χ3v) is 2.72. The quantitative estimate of drug-likeness (QED) is 0.200. The number of nitrogens with two attached hydrogens (primary N) is 1. The standard InChI is InChI=1S/C14H27N5O5/c1-8(11(21)22)18-10(20)9(6-5-7-17-12(15)16)19-13(23)24-14(2,3)4/h8-9H,5-7H2,1-4H3,(H,18,20)(H,19,23)(H,21,22)(H4,15,16,17). The first-order valence-corrected chi connectivity index (χ1v) is 7.53. The molecule has 0 heterocycles. The molecule has 2 atom stereocenters. The van der Waals surface area contributed by atoms with Gasteiger partial charge in [-0.15, -0.1) is 0 Å². The summed E-state index contributed by atoms with van der Waals surface area (Å²) in [6.07, 6.45) is -0.128. The van der Waals surface area contributed by atoms with Crippen LogP contribution < -0.4 is 21.7 Å². The van der Waals surface area contributed by atoms with Gasteiger partial charge in [-0.25, -0.2) is 4.79 Å².